The molecule has 1 rings (SSSR count). The Balaban J connectivity index is 2.57. The monoisotopic (exact) mass is 171 g/mol. The number of carbonyl (C=O) groups excluding carboxylic acids is 1. The number of carbonyl (C=O) groups is 1. The number of nitrogens with zero attached hydrogens (tertiary/aromatic N) is 1. The second-order valence-electron chi connectivity index (χ2n) is 3.62. The van der Waals surface area contributed by atoms with E-state index in [0.29, 0.717) is 12.0 Å². The van der Waals surface area contributed by atoms with Gasteiger partial charge >= 0.3 is 6.09 Å². The lowest BCUT2D eigenvalue weighted by Crippen LogP contribution is -2.38. The van der Waals surface area contributed by atoms with Gasteiger partial charge in [-0.05, 0) is 18.8 Å². The van der Waals surface area contributed by atoms with E-state index in [1.54, 1.807) is 0 Å². The lowest BCUT2D eigenvalue weighted by atomic mass is 10.0. The van der Waals surface area contributed by atoms with Gasteiger partial charge in [0.05, 0.1) is 7.11 Å². The molecule has 0 radical (unpaired) electrons. The zero-order valence-corrected chi connectivity index (χ0v) is 8.04. The Morgan fingerprint density at radius 3 is 2.75 bits per heavy atom. The van der Waals surface area contributed by atoms with Crippen molar-refractivity contribution in [2.45, 2.75) is 32.7 Å². The van der Waals surface area contributed by atoms with Gasteiger partial charge in [0.1, 0.15) is 0 Å². The predicted molar refractivity (Wildman–Crippen MR) is 47.0 cm³/mol. The molecule has 12 heavy (non-hydrogen) atoms. The highest BCUT2D eigenvalue weighted by Crippen LogP contribution is 2.23. The van der Waals surface area contributed by atoms with Crippen molar-refractivity contribution in [1.29, 1.82) is 0 Å². The Bertz CT molecular complexity index is 168. The Labute approximate surface area is 73.7 Å². The minimum Gasteiger partial charge on any atom is -0.453 e. The quantitative estimate of drug-likeness (QED) is 0.602. The highest BCUT2D eigenvalue weighted by Gasteiger charge is 2.31. The molecule has 1 fully saturated rings. The van der Waals surface area contributed by atoms with Crippen molar-refractivity contribution in [3.8, 4) is 0 Å². The normalized spacial score (nSPS) is 23.3. The summed E-state index contributed by atoms with van der Waals surface area (Å²) in [4.78, 5) is 13.1. The Morgan fingerprint density at radius 1 is 1.58 bits per heavy atom. The summed E-state index contributed by atoms with van der Waals surface area (Å²) >= 11 is 0. The fourth-order valence-electron chi connectivity index (χ4n) is 1.83. The Morgan fingerprint density at radius 2 is 2.25 bits per heavy atom. The van der Waals surface area contributed by atoms with Crippen molar-refractivity contribution in [3.05, 3.63) is 0 Å². The molecule has 0 spiro atoms. The van der Waals surface area contributed by atoms with E-state index >= 15 is 0 Å². The van der Waals surface area contributed by atoms with Crippen molar-refractivity contribution in [1.82, 2.24) is 4.90 Å². The van der Waals surface area contributed by atoms with Crippen LogP contribution in [-0.2, 0) is 4.74 Å². The number of likely N-dealkylation sites (tertiary alicyclic amines) is 1. The van der Waals surface area contributed by atoms with E-state index in [9.17, 15) is 4.79 Å². The van der Waals surface area contributed by atoms with Crippen LogP contribution in [0.3, 0.4) is 0 Å². The molecule has 1 amide bonds. The van der Waals surface area contributed by atoms with Crippen LogP contribution in [0.25, 0.3) is 0 Å². The van der Waals surface area contributed by atoms with Gasteiger partial charge in [-0.25, -0.2) is 4.79 Å². The van der Waals surface area contributed by atoms with Gasteiger partial charge in [0, 0.05) is 12.6 Å². The first-order valence-electron chi connectivity index (χ1n) is 4.51. The van der Waals surface area contributed by atoms with Gasteiger partial charge in [-0.2, -0.15) is 0 Å². The molecule has 0 bridgehead atoms. The highest BCUT2D eigenvalue weighted by molar-refractivity contribution is 5.68. The van der Waals surface area contributed by atoms with Crippen LogP contribution in [0.2, 0.25) is 0 Å². The Hall–Kier alpha value is -0.730. The third kappa shape index (κ3) is 1.71. The molecule has 1 heterocycles. The van der Waals surface area contributed by atoms with E-state index in [1.807, 2.05) is 4.90 Å². The molecule has 1 unspecified atom stereocenters. The maximum Gasteiger partial charge on any atom is 0.409 e. The minimum atomic E-state index is -0.175. The fourth-order valence-corrected chi connectivity index (χ4v) is 1.83. The molecule has 1 aliphatic rings. The van der Waals surface area contributed by atoms with E-state index in [4.69, 9.17) is 4.74 Å². The predicted octanol–water partition coefficient (Wildman–Crippen LogP) is 1.87. The molecule has 70 valence electrons. The fraction of sp³-hybridized carbons (Fsp3) is 0.889. The average molecular weight is 171 g/mol. The third-order valence-corrected chi connectivity index (χ3v) is 2.48. The molecule has 0 aliphatic carbocycles. The number of rotatable bonds is 1. The summed E-state index contributed by atoms with van der Waals surface area (Å²) in [5, 5.41) is 0. The smallest absolute Gasteiger partial charge is 0.409 e. The standard InChI is InChI=1S/C9H17NO2/c1-7(2)8-5-4-6-10(8)9(11)12-3/h7-8H,4-6H2,1-3H3. The molecule has 0 saturated carbocycles. The molecular formula is C9H17NO2. The van der Waals surface area contributed by atoms with Gasteiger partial charge in [0.25, 0.3) is 0 Å². The molecule has 1 saturated heterocycles. The molecule has 0 aromatic rings. The van der Waals surface area contributed by atoms with Gasteiger partial charge in [0.15, 0.2) is 0 Å². The van der Waals surface area contributed by atoms with Crippen molar-refractivity contribution >= 4 is 6.09 Å². The zero-order chi connectivity index (χ0) is 9.14. The summed E-state index contributed by atoms with van der Waals surface area (Å²) in [6.45, 7) is 5.15. The van der Waals surface area contributed by atoms with E-state index in [-0.39, 0.29) is 6.09 Å². The number of methoxy groups -OCH3 is 1. The summed E-state index contributed by atoms with van der Waals surface area (Å²) in [6.07, 6.45) is 2.05. The van der Waals surface area contributed by atoms with Gasteiger partial charge in [-0.15, -0.1) is 0 Å². The highest BCUT2D eigenvalue weighted by atomic mass is 16.5. The van der Waals surface area contributed by atoms with Gasteiger partial charge in [-0.3, -0.25) is 0 Å². The Kier molecular flexibility index (Phi) is 2.95. The van der Waals surface area contributed by atoms with E-state index in [0.717, 1.165) is 19.4 Å². The third-order valence-electron chi connectivity index (χ3n) is 2.48. The second-order valence-corrected chi connectivity index (χ2v) is 3.62. The summed E-state index contributed by atoms with van der Waals surface area (Å²) in [5.74, 6) is 0.534. The van der Waals surface area contributed by atoms with Crippen LogP contribution in [0.5, 0.6) is 0 Å². The largest absolute Gasteiger partial charge is 0.453 e. The van der Waals surface area contributed by atoms with E-state index < -0.39 is 0 Å². The first-order chi connectivity index (χ1) is 5.66. The summed E-state index contributed by atoms with van der Waals surface area (Å²) in [6, 6.07) is 0.387. The minimum absolute atomic E-state index is 0.175. The molecule has 3 nitrogen and oxygen atoms in total. The van der Waals surface area contributed by atoms with Crippen LogP contribution in [-0.4, -0.2) is 30.7 Å². The average Bonchev–Trinajstić information content (AvgIpc) is 2.50. The first-order valence-corrected chi connectivity index (χ1v) is 4.51. The lowest BCUT2D eigenvalue weighted by Gasteiger charge is -2.25. The van der Waals surface area contributed by atoms with Crippen LogP contribution >= 0.6 is 0 Å². The molecule has 1 aliphatic heterocycles. The van der Waals surface area contributed by atoms with Crippen LogP contribution < -0.4 is 0 Å². The summed E-state index contributed by atoms with van der Waals surface area (Å²) < 4.78 is 4.70. The summed E-state index contributed by atoms with van der Waals surface area (Å²) in [7, 11) is 1.44. The topological polar surface area (TPSA) is 29.5 Å². The van der Waals surface area contributed by atoms with Crippen molar-refractivity contribution in [3.63, 3.8) is 0 Å². The van der Waals surface area contributed by atoms with Gasteiger partial charge in [0.2, 0.25) is 0 Å². The molecule has 0 aromatic heterocycles. The van der Waals surface area contributed by atoms with Gasteiger partial charge < -0.3 is 9.64 Å². The van der Waals surface area contributed by atoms with Crippen LogP contribution in [0.1, 0.15) is 26.7 Å². The number of amides is 1. The molecule has 1 atom stereocenters. The van der Waals surface area contributed by atoms with Crippen LogP contribution in [0.15, 0.2) is 0 Å². The molecule has 0 aromatic carbocycles. The summed E-state index contributed by atoms with van der Waals surface area (Å²) in [5.41, 5.74) is 0. The molecule has 3 heteroatoms. The molecular weight excluding hydrogens is 154 g/mol. The van der Waals surface area contributed by atoms with Crippen molar-refractivity contribution in [2.24, 2.45) is 5.92 Å². The molecule has 0 N–H and O–H groups in total. The zero-order valence-electron chi connectivity index (χ0n) is 8.04. The first kappa shape index (κ1) is 9.36. The number of hydrogen-bond acceptors (Lipinski definition) is 2. The van der Waals surface area contributed by atoms with Crippen molar-refractivity contribution in [2.75, 3.05) is 13.7 Å². The maximum atomic E-state index is 11.2. The SMILES string of the molecule is COC(=O)N1CCCC1C(C)C. The number of hydrogen-bond donors (Lipinski definition) is 0. The maximum absolute atomic E-state index is 11.2. The lowest BCUT2D eigenvalue weighted by molar-refractivity contribution is 0.110. The number of ether oxygens (including phenoxy) is 1. The van der Waals surface area contributed by atoms with Gasteiger partial charge in [-0.1, -0.05) is 13.8 Å². The van der Waals surface area contributed by atoms with Crippen LogP contribution in [0, 0.1) is 5.92 Å². The van der Waals surface area contributed by atoms with E-state index in [1.165, 1.54) is 7.11 Å². The van der Waals surface area contributed by atoms with Crippen molar-refractivity contribution < 1.29 is 9.53 Å². The van der Waals surface area contributed by atoms with Crippen LogP contribution in [0.4, 0.5) is 4.79 Å². The second kappa shape index (κ2) is 3.78. The van der Waals surface area contributed by atoms with E-state index in [2.05, 4.69) is 13.8 Å².